The van der Waals surface area contributed by atoms with E-state index in [2.05, 4.69) is 36.4 Å². The minimum atomic E-state index is 0. The number of nitrogens with zero attached hydrogens (tertiary/aromatic N) is 3. The van der Waals surface area contributed by atoms with Crippen molar-refractivity contribution in [2.75, 3.05) is 26.2 Å². The summed E-state index contributed by atoms with van der Waals surface area (Å²) in [5.74, 6) is 1.63. The van der Waals surface area contributed by atoms with Gasteiger partial charge in [0, 0.05) is 43.9 Å². The molecule has 1 spiro atoms. The number of nitrogens with one attached hydrogen (secondary N) is 1. The molecule has 1 saturated carbocycles. The van der Waals surface area contributed by atoms with Gasteiger partial charge in [0.1, 0.15) is 0 Å². The van der Waals surface area contributed by atoms with Gasteiger partial charge in [-0.05, 0) is 31.6 Å². The molecule has 24 heavy (non-hydrogen) atoms. The van der Waals surface area contributed by atoms with Crippen molar-refractivity contribution in [1.29, 1.82) is 0 Å². The average molecular weight is 462 g/mol. The molecule has 1 aliphatic carbocycles. The van der Waals surface area contributed by atoms with Crippen LogP contribution in [0.15, 0.2) is 10.4 Å². The maximum Gasteiger partial charge on any atom is 0.193 e. The lowest BCUT2D eigenvalue weighted by Crippen LogP contribution is -2.42. The molecule has 0 amide bonds. The van der Waals surface area contributed by atoms with Gasteiger partial charge in [0.25, 0.3) is 0 Å². The first kappa shape index (κ1) is 19.9. The van der Waals surface area contributed by atoms with Crippen molar-refractivity contribution < 1.29 is 0 Å². The maximum atomic E-state index is 4.86. The fourth-order valence-electron chi connectivity index (χ4n) is 3.61. The monoisotopic (exact) mass is 462 g/mol. The highest BCUT2D eigenvalue weighted by Crippen LogP contribution is 2.47. The molecule has 1 aromatic rings. The molecule has 0 aromatic carbocycles. The van der Waals surface area contributed by atoms with Gasteiger partial charge in [0.15, 0.2) is 5.96 Å². The highest BCUT2D eigenvalue weighted by Gasteiger charge is 2.43. The van der Waals surface area contributed by atoms with Crippen LogP contribution in [0.3, 0.4) is 0 Å². The molecule has 1 aliphatic heterocycles. The number of aliphatic imine (C=N–C) groups is 1. The van der Waals surface area contributed by atoms with Crippen LogP contribution >= 0.6 is 35.3 Å². The Morgan fingerprint density at radius 1 is 1.42 bits per heavy atom. The molecule has 0 radical (unpaired) electrons. The van der Waals surface area contributed by atoms with E-state index in [4.69, 9.17) is 9.98 Å². The van der Waals surface area contributed by atoms with Crippen LogP contribution in [0.5, 0.6) is 0 Å². The van der Waals surface area contributed by atoms with Crippen LogP contribution in [0.2, 0.25) is 0 Å². The predicted octanol–water partition coefficient (Wildman–Crippen LogP) is 4.27. The van der Waals surface area contributed by atoms with E-state index in [0.29, 0.717) is 11.3 Å². The highest BCUT2D eigenvalue weighted by molar-refractivity contribution is 14.0. The van der Waals surface area contributed by atoms with E-state index in [0.717, 1.165) is 25.5 Å². The van der Waals surface area contributed by atoms with Crippen LogP contribution < -0.4 is 5.32 Å². The Kier molecular flexibility index (Phi) is 7.34. The molecule has 0 atom stereocenters. The van der Waals surface area contributed by atoms with E-state index < -0.39 is 0 Å². The van der Waals surface area contributed by atoms with Crippen molar-refractivity contribution in [3.63, 3.8) is 0 Å². The van der Waals surface area contributed by atoms with Gasteiger partial charge >= 0.3 is 0 Å². The van der Waals surface area contributed by atoms with Crippen molar-refractivity contribution in [3.05, 3.63) is 16.1 Å². The molecule has 1 N–H and O–H groups in total. The van der Waals surface area contributed by atoms with E-state index in [-0.39, 0.29) is 24.0 Å². The Balaban J connectivity index is 0.00000208. The summed E-state index contributed by atoms with van der Waals surface area (Å²) in [5.41, 5.74) is 1.81. The Morgan fingerprint density at radius 2 is 2.21 bits per heavy atom. The van der Waals surface area contributed by atoms with Crippen LogP contribution in [0, 0.1) is 5.41 Å². The first-order valence-corrected chi connectivity index (χ1v) is 9.97. The van der Waals surface area contributed by atoms with Gasteiger partial charge in [0.2, 0.25) is 0 Å². The number of hydrogen-bond acceptors (Lipinski definition) is 3. The smallest absolute Gasteiger partial charge is 0.193 e. The fraction of sp³-hybridized carbons (Fsp3) is 0.778. The van der Waals surface area contributed by atoms with Crippen molar-refractivity contribution in [3.8, 4) is 0 Å². The second kappa shape index (κ2) is 8.83. The molecule has 2 aliphatic rings. The van der Waals surface area contributed by atoms with Crippen LogP contribution in [0.4, 0.5) is 0 Å². The molecule has 2 fully saturated rings. The Labute approximate surface area is 167 Å². The molecule has 1 saturated heterocycles. The molecular weight excluding hydrogens is 431 g/mol. The fourth-order valence-corrected chi connectivity index (χ4v) is 4.48. The van der Waals surface area contributed by atoms with Gasteiger partial charge < -0.3 is 10.2 Å². The summed E-state index contributed by atoms with van der Waals surface area (Å²) in [4.78, 5) is 12.1. The maximum absolute atomic E-state index is 4.86. The van der Waals surface area contributed by atoms with Crippen LogP contribution in [0.25, 0.3) is 0 Å². The number of hydrogen-bond donors (Lipinski definition) is 1. The van der Waals surface area contributed by atoms with Gasteiger partial charge in [-0.25, -0.2) is 4.98 Å². The molecular formula is C18H31IN4S. The minimum absolute atomic E-state index is 0. The van der Waals surface area contributed by atoms with Crippen molar-refractivity contribution >= 4 is 41.3 Å². The first-order chi connectivity index (χ1) is 11.1. The highest BCUT2D eigenvalue weighted by atomic mass is 127. The lowest BCUT2D eigenvalue weighted by Gasteiger charge is -2.38. The molecule has 2 heterocycles. The summed E-state index contributed by atoms with van der Waals surface area (Å²) in [6, 6.07) is 0. The normalized spacial score (nSPS) is 19.5. The van der Waals surface area contributed by atoms with Crippen molar-refractivity contribution in [2.24, 2.45) is 10.4 Å². The number of rotatable bonds is 5. The largest absolute Gasteiger partial charge is 0.357 e. The Bertz CT molecular complexity index is 551. The van der Waals surface area contributed by atoms with E-state index in [1.165, 1.54) is 49.5 Å². The molecule has 136 valence electrons. The van der Waals surface area contributed by atoms with E-state index in [1.807, 2.05) is 0 Å². The molecule has 3 rings (SSSR count). The third-order valence-electron chi connectivity index (χ3n) is 5.18. The number of halogens is 1. The topological polar surface area (TPSA) is 40.5 Å². The van der Waals surface area contributed by atoms with Gasteiger partial charge in [-0.15, -0.1) is 35.3 Å². The molecule has 0 unspecified atom stereocenters. The van der Waals surface area contributed by atoms with Crippen LogP contribution in [-0.4, -0.2) is 42.0 Å². The van der Waals surface area contributed by atoms with Crippen LogP contribution in [-0.2, 0) is 6.42 Å². The average Bonchev–Trinajstić information content (AvgIpc) is 3.13. The number of likely N-dealkylation sites (tertiary alicyclic amines) is 1. The zero-order valence-corrected chi connectivity index (χ0v) is 18.3. The summed E-state index contributed by atoms with van der Waals surface area (Å²) in [7, 11) is 0. The van der Waals surface area contributed by atoms with E-state index >= 15 is 0 Å². The SMILES string of the molecule is CCNC(=NCCc1csc(C(C)C)n1)N1CCC2(CCC2)C1.I. The quantitative estimate of drug-likeness (QED) is 0.404. The molecule has 1 aromatic heterocycles. The first-order valence-electron chi connectivity index (χ1n) is 9.09. The van der Waals surface area contributed by atoms with Crippen LogP contribution in [0.1, 0.15) is 63.1 Å². The zero-order valence-electron chi connectivity index (χ0n) is 15.2. The van der Waals surface area contributed by atoms with Gasteiger partial charge in [-0.3, -0.25) is 4.99 Å². The molecule has 0 bridgehead atoms. The van der Waals surface area contributed by atoms with E-state index in [1.54, 1.807) is 11.3 Å². The summed E-state index contributed by atoms with van der Waals surface area (Å²) >= 11 is 1.78. The summed E-state index contributed by atoms with van der Waals surface area (Å²) in [6.45, 7) is 10.7. The third-order valence-corrected chi connectivity index (χ3v) is 6.37. The second-order valence-corrected chi connectivity index (χ2v) is 8.23. The minimum Gasteiger partial charge on any atom is -0.357 e. The van der Waals surface area contributed by atoms with Crippen molar-refractivity contribution in [1.82, 2.24) is 15.2 Å². The third kappa shape index (κ3) is 4.62. The molecule has 4 nitrogen and oxygen atoms in total. The zero-order chi connectivity index (χ0) is 16.3. The van der Waals surface area contributed by atoms with Gasteiger partial charge in [-0.1, -0.05) is 20.3 Å². The number of thiazole rings is 1. The predicted molar refractivity (Wildman–Crippen MR) is 114 cm³/mol. The van der Waals surface area contributed by atoms with E-state index in [9.17, 15) is 0 Å². The van der Waals surface area contributed by atoms with Gasteiger partial charge in [-0.2, -0.15) is 0 Å². The molecule has 6 heteroatoms. The van der Waals surface area contributed by atoms with Crippen molar-refractivity contribution in [2.45, 2.75) is 58.8 Å². The summed E-state index contributed by atoms with van der Waals surface area (Å²) in [5, 5.41) is 6.91. The Morgan fingerprint density at radius 3 is 2.75 bits per heavy atom. The lowest BCUT2D eigenvalue weighted by molar-refractivity contribution is 0.151. The second-order valence-electron chi connectivity index (χ2n) is 7.34. The standard InChI is InChI=1S/C18H30N4S.HI/c1-4-19-17(22-11-9-18(13-22)7-5-8-18)20-10-6-15-12-23-16(21-15)14(2)3;/h12,14H,4-11,13H2,1-3H3,(H,19,20);1H. The summed E-state index contributed by atoms with van der Waals surface area (Å²) < 4.78 is 0. The number of guanidine groups is 1. The van der Waals surface area contributed by atoms with Gasteiger partial charge in [0.05, 0.1) is 10.7 Å². The Hall–Kier alpha value is -0.370. The summed E-state index contributed by atoms with van der Waals surface area (Å²) in [6.07, 6.45) is 6.54. The number of aromatic nitrogens is 1. The lowest BCUT2D eigenvalue weighted by atomic mass is 9.68.